The van der Waals surface area contributed by atoms with Crippen molar-refractivity contribution < 1.29 is 13.9 Å². The van der Waals surface area contributed by atoms with E-state index in [1.807, 2.05) is 26.1 Å². The number of hydrogen-bond donors (Lipinski definition) is 2. The zero-order valence-electron chi connectivity index (χ0n) is 18.9. The highest BCUT2D eigenvalue weighted by atomic mass is 127. The van der Waals surface area contributed by atoms with Crippen LogP contribution in [0.25, 0.3) is 0 Å². The second-order valence-electron chi connectivity index (χ2n) is 7.58. The Kier molecular flexibility index (Phi) is 10.9. The average Bonchev–Trinajstić information content (AvgIpc) is 2.77. The summed E-state index contributed by atoms with van der Waals surface area (Å²) in [6.45, 7) is 10.1. The van der Waals surface area contributed by atoms with Gasteiger partial charge < -0.3 is 25.0 Å². The van der Waals surface area contributed by atoms with Crippen molar-refractivity contribution >= 4 is 35.8 Å². The van der Waals surface area contributed by atoms with Crippen LogP contribution < -0.4 is 20.3 Å². The number of anilines is 1. The quantitative estimate of drug-likeness (QED) is 0.294. The zero-order chi connectivity index (χ0) is 22.1. The van der Waals surface area contributed by atoms with Gasteiger partial charge in [-0.2, -0.15) is 0 Å². The second kappa shape index (κ2) is 13.4. The molecule has 0 aliphatic carbocycles. The first-order chi connectivity index (χ1) is 15.0. The molecule has 2 aromatic rings. The van der Waals surface area contributed by atoms with Crippen LogP contribution in [-0.2, 0) is 11.3 Å². The molecule has 2 unspecified atom stereocenters. The number of halogens is 2. The summed E-state index contributed by atoms with van der Waals surface area (Å²) >= 11 is 0. The molecule has 3 rings (SSSR count). The molecule has 9 heteroatoms. The number of aliphatic imine (C=N–C) groups is 1. The average molecular weight is 557 g/mol. The van der Waals surface area contributed by atoms with Crippen molar-refractivity contribution in [2.45, 2.75) is 39.5 Å². The molecule has 1 fully saturated rings. The number of benzene rings is 1. The fourth-order valence-electron chi connectivity index (χ4n) is 3.31. The summed E-state index contributed by atoms with van der Waals surface area (Å²) in [5, 5.41) is 6.50. The SMILES string of the molecule is CCNC(=NCc1ccnc(N2CCOC(C)C2)c1)NCC(C)Oc1ccccc1F.I. The summed E-state index contributed by atoms with van der Waals surface area (Å²) in [7, 11) is 0. The molecule has 1 saturated heterocycles. The van der Waals surface area contributed by atoms with Crippen LogP contribution in [0.2, 0.25) is 0 Å². The molecular formula is C23H33FIN5O2. The normalized spacial score (nSPS) is 17.3. The van der Waals surface area contributed by atoms with Crippen molar-refractivity contribution in [3.8, 4) is 5.75 Å². The summed E-state index contributed by atoms with van der Waals surface area (Å²) < 4.78 is 25.1. The molecule has 1 aromatic heterocycles. The Morgan fingerprint density at radius 3 is 2.91 bits per heavy atom. The van der Waals surface area contributed by atoms with E-state index < -0.39 is 0 Å². The maximum absolute atomic E-state index is 13.8. The van der Waals surface area contributed by atoms with Crippen molar-refractivity contribution in [3.63, 3.8) is 0 Å². The fourth-order valence-corrected chi connectivity index (χ4v) is 3.31. The van der Waals surface area contributed by atoms with Gasteiger partial charge in [-0.25, -0.2) is 14.4 Å². The van der Waals surface area contributed by atoms with E-state index in [9.17, 15) is 4.39 Å². The summed E-state index contributed by atoms with van der Waals surface area (Å²) in [5.41, 5.74) is 1.08. The van der Waals surface area contributed by atoms with E-state index in [4.69, 9.17) is 9.47 Å². The first kappa shape index (κ1) is 26.1. The minimum Gasteiger partial charge on any atom is -0.486 e. The molecule has 1 aliphatic heterocycles. The minimum absolute atomic E-state index is 0. The third kappa shape index (κ3) is 8.09. The van der Waals surface area contributed by atoms with Gasteiger partial charge in [0, 0.05) is 25.8 Å². The number of aromatic nitrogens is 1. The lowest BCUT2D eigenvalue weighted by Gasteiger charge is -2.32. The number of hydrogen-bond acceptors (Lipinski definition) is 5. The molecule has 2 atom stereocenters. The Bertz CT molecular complexity index is 870. The van der Waals surface area contributed by atoms with Gasteiger partial charge in [0.2, 0.25) is 0 Å². The highest BCUT2D eigenvalue weighted by Gasteiger charge is 2.18. The molecule has 0 radical (unpaired) electrons. The van der Waals surface area contributed by atoms with Crippen LogP contribution in [0.5, 0.6) is 5.75 Å². The van der Waals surface area contributed by atoms with Gasteiger partial charge >= 0.3 is 0 Å². The Morgan fingerprint density at radius 1 is 1.34 bits per heavy atom. The van der Waals surface area contributed by atoms with Gasteiger partial charge in [-0.15, -0.1) is 24.0 Å². The Morgan fingerprint density at radius 2 is 2.16 bits per heavy atom. The summed E-state index contributed by atoms with van der Waals surface area (Å²) in [4.78, 5) is 11.4. The molecule has 1 aliphatic rings. The van der Waals surface area contributed by atoms with Crippen LogP contribution in [0, 0.1) is 5.82 Å². The van der Waals surface area contributed by atoms with Gasteiger partial charge in [0.15, 0.2) is 17.5 Å². The molecule has 2 heterocycles. The zero-order valence-corrected chi connectivity index (χ0v) is 21.2. The summed E-state index contributed by atoms with van der Waals surface area (Å²) in [5.74, 6) is 1.52. The lowest BCUT2D eigenvalue weighted by Crippen LogP contribution is -2.42. The third-order valence-electron chi connectivity index (χ3n) is 4.86. The number of pyridine rings is 1. The van der Waals surface area contributed by atoms with Gasteiger partial charge in [-0.1, -0.05) is 12.1 Å². The molecule has 0 saturated carbocycles. The predicted molar refractivity (Wildman–Crippen MR) is 137 cm³/mol. The first-order valence-corrected chi connectivity index (χ1v) is 10.8. The summed E-state index contributed by atoms with van der Waals surface area (Å²) in [6.07, 6.45) is 1.80. The van der Waals surface area contributed by atoms with Crippen LogP contribution in [0.15, 0.2) is 47.6 Å². The van der Waals surface area contributed by atoms with E-state index >= 15 is 0 Å². The molecular weight excluding hydrogens is 524 g/mol. The van der Waals surface area contributed by atoms with Crippen molar-refractivity contribution in [2.24, 2.45) is 4.99 Å². The number of morpholine rings is 1. The largest absolute Gasteiger partial charge is 0.486 e. The number of guanidine groups is 1. The molecule has 7 nitrogen and oxygen atoms in total. The third-order valence-corrected chi connectivity index (χ3v) is 4.86. The highest BCUT2D eigenvalue weighted by Crippen LogP contribution is 2.18. The van der Waals surface area contributed by atoms with E-state index in [0.717, 1.165) is 31.0 Å². The van der Waals surface area contributed by atoms with Crippen LogP contribution >= 0.6 is 24.0 Å². The van der Waals surface area contributed by atoms with E-state index in [1.165, 1.54) is 6.07 Å². The fraction of sp³-hybridized carbons (Fsp3) is 0.478. The topological polar surface area (TPSA) is 71.0 Å². The van der Waals surface area contributed by atoms with Gasteiger partial charge in [-0.05, 0) is 50.6 Å². The molecule has 0 bridgehead atoms. The first-order valence-electron chi connectivity index (χ1n) is 10.8. The Labute approximate surface area is 206 Å². The van der Waals surface area contributed by atoms with Gasteiger partial charge in [0.05, 0.1) is 25.8 Å². The Balaban J connectivity index is 0.00000363. The molecule has 0 spiro atoms. The van der Waals surface area contributed by atoms with Crippen LogP contribution in [0.4, 0.5) is 10.2 Å². The number of rotatable bonds is 8. The maximum atomic E-state index is 13.8. The van der Waals surface area contributed by atoms with E-state index in [-0.39, 0.29) is 47.8 Å². The van der Waals surface area contributed by atoms with E-state index in [0.29, 0.717) is 25.7 Å². The van der Waals surface area contributed by atoms with Crippen molar-refractivity contribution in [1.29, 1.82) is 0 Å². The van der Waals surface area contributed by atoms with E-state index in [1.54, 1.807) is 18.2 Å². The lowest BCUT2D eigenvalue weighted by atomic mass is 10.2. The number of nitrogens with one attached hydrogen (secondary N) is 2. The standard InChI is InChI=1S/C23H32FN5O2.HI/c1-4-25-23(27-14-17(2)31-21-8-6-5-7-20(21)24)28-15-19-9-10-26-22(13-19)29-11-12-30-18(3)16-29;/h5-10,13,17-18H,4,11-12,14-16H2,1-3H3,(H2,25,27,28);1H. The van der Waals surface area contributed by atoms with Crippen molar-refractivity contribution in [1.82, 2.24) is 15.6 Å². The lowest BCUT2D eigenvalue weighted by molar-refractivity contribution is 0.0529. The predicted octanol–water partition coefficient (Wildman–Crippen LogP) is 3.59. The number of para-hydroxylation sites is 1. The number of nitrogens with zero attached hydrogens (tertiary/aromatic N) is 3. The Hall–Kier alpha value is -2.14. The van der Waals surface area contributed by atoms with Crippen molar-refractivity contribution in [3.05, 3.63) is 54.0 Å². The highest BCUT2D eigenvalue weighted by molar-refractivity contribution is 14.0. The van der Waals surface area contributed by atoms with Crippen molar-refractivity contribution in [2.75, 3.05) is 37.7 Å². The summed E-state index contributed by atoms with van der Waals surface area (Å²) in [6, 6.07) is 10.5. The molecule has 176 valence electrons. The van der Waals surface area contributed by atoms with Gasteiger partial charge in [-0.3, -0.25) is 0 Å². The molecule has 1 aromatic carbocycles. The maximum Gasteiger partial charge on any atom is 0.191 e. The number of ether oxygens (including phenoxy) is 2. The van der Waals surface area contributed by atoms with Crippen LogP contribution in [-0.4, -0.2) is 55.9 Å². The molecule has 2 N–H and O–H groups in total. The van der Waals surface area contributed by atoms with Crippen LogP contribution in [0.3, 0.4) is 0 Å². The van der Waals surface area contributed by atoms with Crippen LogP contribution in [0.1, 0.15) is 26.3 Å². The minimum atomic E-state index is -0.363. The smallest absolute Gasteiger partial charge is 0.191 e. The van der Waals surface area contributed by atoms with Gasteiger partial charge in [0.1, 0.15) is 11.9 Å². The second-order valence-corrected chi connectivity index (χ2v) is 7.58. The molecule has 32 heavy (non-hydrogen) atoms. The van der Waals surface area contributed by atoms with E-state index in [2.05, 4.69) is 38.5 Å². The molecule has 0 amide bonds. The van der Waals surface area contributed by atoms with Gasteiger partial charge in [0.25, 0.3) is 0 Å². The monoisotopic (exact) mass is 557 g/mol.